The molecule has 1 amide bonds. The summed E-state index contributed by atoms with van der Waals surface area (Å²) >= 11 is 0. The van der Waals surface area contributed by atoms with Gasteiger partial charge >= 0.3 is 0 Å². The van der Waals surface area contributed by atoms with Crippen LogP contribution in [-0.2, 0) is 4.79 Å². The Balaban J connectivity index is 2.26. The number of carbonyl (C=O) groups is 1. The summed E-state index contributed by atoms with van der Waals surface area (Å²) in [4.78, 5) is 15.1. The molecule has 1 saturated carbocycles. The van der Waals surface area contributed by atoms with E-state index < -0.39 is 5.41 Å². The van der Waals surface area contributed by atoms with Crippen LogP contribution in [0.2, 0.25) is 0 Å². The molecule has 114 valence electrons. The SMILES string of the molecule is CC1CCC(C)N(C(=O)C2(C(N)=NO)CCCCC2)C1. The smallest absolute Gasteiger partial charge is 0.236 e. The summed E-state index contributed by atoms with van der Waals surface area (Å²) in [5, 5.41) is 12.3. The lowest BCUT2D eigenvalue weighted by Gasteiger charge is -2.44. The molecular formula is C15H27N3O2. The fraction of sp³-hybridized carbons (Fsp3) is 0.867. The first-order valence-electron chi connectivity index (χ1n) is 7.80. The Morgan fingerprint density at radius 2 is 1.90 bits per heavy atom. The molecule has 5 heteroatoms. The van der Waals surface area contributed by atoms with Gasteiger partial charge in [-0.05, 0) is 38.5 Å². The Hall–Kier alpha value is -1.26. The van der Waals surface area contributed by atoms with Gasteiger partial charge in [-0.2, -0.15) is 0 Å². The van der Waals surface area contributed by atoms with E-state index in [0.717, 1.165) is 32.2 Å². The van der Waals surface area contributed by atoms with Gasteiger partial charge in [-0.15, -0.1) is 0 Å². The van der Waals surface area contributed by atoms with Gasteiger partial charge in [0.15, 0.2) is 5.84 Å². The van der Waals surface area contributed by atoms with Gasteiger partial charge in [-0.25, -0.2) is 0 Å². The molecule has 20 heavy (non-hydrogen) atoms. The molecule has 0 spiro atoms. The molecule has 5 nitrogen and oxygen atoms in total. The van der Waals surface area contributed by atoms with E-state index in [9.17, 15) is 4.79 Å². The lowest BCUT2D eigenvalue weighted by molar-refractivity contribution is -0.144. The fourth-order valence-corrected chi connectivity index (χ4v) is 3.68. The predicted molar refractivity (Wildman–Crippen MR) is 78.5 cm³/mol. The molecule has 0 aromatic heterocycles. The van der Waals surface area contributed by atoms with Gasteiger partial charge in [0.25, 0.3) is 0 Å². The zero-order chi connectivity index (χ0) is 14.8. The van der Waals surface area contributed by atoms with E-state index in [1.54, 1.807) is 0 Å². The Morgan fingerprint density at radius 3 is 2.50 bits per heavy atom. The second kappa shape index (κ2) is 6.02. The van der Waals surface area contributed by atoms with E-state index in [1.807, 2.05) is 4.90 Å². The van der Waals surface area contributed by atoms with E-state index in [2.05, 4.69) is 19.0 Å². The number of amides is 1. The van der Waals surface area contributed by atoms with Crippen molar-refractivity contribution in [3.05, 3.63) is 0 Å². The maximum absolute atomic E-state index is 13.1. The van der Waals surface area contributed by atoms with Crippen molar-refractivity contribution in [1.29, 1.82) is 0 Å². The summed E-state index contributed by atoms with van der Waals surface area (Å²) in [5.41, 5.74) is 5.16. The van der Waals surface area contributed by atoms with Gasteiger partial charge < -0.3 is 15.8 Å². The predicted octanol–water partition coefficient (Wildman–Crippen LogP) is 2.33. The minimum absolute atomic E-state index is 0.0755. The quantitative estimate of drug-likeness (QED) is 0.353. The number of piperidine rings is 1. The van der Waals surface area contributed by atoms with Crippen LogP contribution in [0.3, 0.4) is 0 Å². The van der Waals surface area contributed by atoms with E-state index in [4.69, 9.17) is 10.9 Å². The van der Waals surface area contributed by atoms with Crippen molar-refractivity contribution in [2.24, 2.45) is 22.2 Å². The average Bonchev–Trinajstić information content (AvgIpc) is 2.48. The second-order valence-electron chi connectivity index (χ2n) is 6.62. The molecule has 1 aliphatic carbocycles. The van der Waals surface area contributed by atoms with Gasteiger partial charge in [0.2, 0.25) is 5.91 Å². The minimum atomic E-state index is -0.766. The highest BCUT2D eigenvalue weighted by Gasteiger charge is 2.47. The number of carbonyl (C=O) groups excluding carboxylic acids is 1. The van der Waals surface area contributed by atoms with Crippen molar-refractivity contribution in [3.8, 4) is 0 Å². The van der Waals surface area contributed by atoms with E-state index in [0.29, 0.717) is 18.8 Å². The number of oxime groups is 1. The van der Waals surface area contributed by atoms with Crippen LogP contribution in [0.5, 0.6) is 0 Å². The summed E-state index contributed by atoms with van der Waals surface area (Å²) in [7, 11) is 0. The first-order valence-corrected chi connectivity index (χ1v) is 7.80. The maximum Gasteiger partial charge on any atom is 0.236 e. The molecule has 2 atom stereocenters. The molecule has 2 unspecified atom stereocenters. The molecule has 1 aliphatic heterocycles. The lowest BCUT2D eigenvalue weighted by Crippen LogP contribution is -2.56. The van der Waals surface area contributed by atoms with Crippen molar-refractivity contribution < 1.29 is 10.0 Å². The highest BCUT2D eigenvalue weighted by atomic mass is 16.4. The first kappa shape index (κ1) is 15.1. The van der Waals surface area contributed by atoms with Gasteiger partial charge in [0.1, 0.15) is 5.41 Å². The molecule has 2 rings (SSSR count). The summed E-state index contributed by atoms with van der Waals surface area (Å²) in [5.74, 6) is 0.710. The number of rotatable bonds is 2. The van der Waals surface area contributed by atoms with Crippen molar-refractivity contribution in [2.75, 3.05) is 6.54 Å². The summed E-state index contributed by atoms with van der Waals surface area (Å²) in [6.07, 6.45) is 6.69. The van der Waals surface area contributed by atoms with Crippen molar-refractivity contribution >= 4 is 11.7 Å². The number of nitrogens with two attached hydrogens (primary N) is 1. The van der Waals surface area contributed by atoms with Crippen molar-refractivity contribution in [3.63, 3.8) is 0 Å². The number of hydrogen-bond donors (Lipinski definition) is 2. The normalized spacial score (nSPS) is 31.1. The summed E-state index contributed by atoms with van der Waals surface area (Å²) in [6.45, 7) is 5.08. The molecule has 0 aromatic rings. The second-order valence-corrected chi connectivity index (χ2v) is 6.62. The highest BCUT2D eigenvalue weighted by Crippen LogP contribution is 2.40. The van der Waals surface area contributed by atoms with E-state index in [-0.39, 0.29) is 17.8 Å². The van der Waals surface area contributed by atoms with Crippen LogP contribution in [0, 0.1) is 11.3 Å². The largest absolute Gasteiger partial charge is 0.409 e. The Morgan fingerprint density at radius 1 is 1.25 bits per heavy atom. The van der Waals surface area contributed by atoms with Crippen LogP contribution in [0.15, 0.2) is 5.16 Å². The van der Waals surface area contributed by atoms with E-state index >= 15 is 0 Å². The van der Waals surface area contributed by atoms with Crippen LogP contribution in [-0.4, -0.2) is 34.4 Å². The van der Waals surface area contributed by atoms with Gasteiger partial charge in [0.05, 0.1) is 0 Å². The minimum Gasteiger partial charge on any atom is -0.409 e. The number of hydrogen-bond acceptors (Lipinski definition) is 3. The zero-order valence-electron chi connectivity index (χ0n) is 12.6. The van der Waals surface area contributed by atoms with Crippen LogP contribution in [0.25, 0.3) is 0 Å². The van der Waals surface area contributed by atoms with Crippen LogP contribution < -0.4 is 5.73 Å². The topological polar surface area (TPSA) is 78.9 Å². The monoisotopic (exact) mass is 281 g/mol. The molecule has 2 fully saturated rings. The molecule has 3 N–H and O–H groups in total. The number of amidine groups is 1. The van der Waals surface area contributed by atoms with Crippen LogP contribution in [0.4, 0.5) is 0 Å². The Labute approximate surface area is 121 Å². The van der Waals surface area contributed by atoms with Crippen LogP contribution >= 0.6 is 0 Å². The third-order valence-corrected chi connectivity index (χ3v) is 5.09. The summed E-state index contributed by atoms with van der Waals surface area (Å²) in [6, 6.07) is 0.254. The Bertz CT molecular complexity index is 389. The van der Waals surface area contributed by atoms with Gasteiger partial charge in [-0.1, -0.05) is 31.3 Å². The van der Waals surface area contributed by atoms with Crippen molar-refractivity contribution in [1.82, 2.24) is 4.90 Å². The van der Waals surface area contributed by atoms with Gasteiger partial charge in [-0.3, -0.25) is 4.79 Å². The molecule has 1 heterocycles. The molecule has 0 bridgehead atoms. The molecule has 2 aliphatic rings. The third kappa shape index (κ3) is 2.63. The first-order chi connectivity index (χ1) is 9.51. The standard InChI is InChI=1S/C15H27N3O2/c1-11-6-7-12(2)18(10-11)14(19)15(13(16)17-20)8-4-3-5-9-15/h11-12,20H,3-10H2,1-2H3,(H2,16,17). The maximum atomic E-state index is 13.1. The average molecular weight is 281 g/mol. The third-order valence-electron chi connectivity index (χ3n) is 5.09. The molecule has 0 aromatic carbocycles. The van der Waals surface area contributed by atoms with Gasteiger partial charge in [0, 0.05) is 12.6 Å². The zero-order valence-corrected chi connectivity index (χ0v) is 12.6. The molecule has 0 radical (unpaired) electrons. The molecular weight excluding hydrogens is 254 g/mol. The highest BCUT2D eigenvalue weighted by molar-refractivity contribution is 6.06. The lowest BCUT2D eigenvalue weighted by atomic mass is 9.71. The molecule has 1 saturated heterocycles. The van der Waals surface area contributed by atoms with E-state index in [1.165, 1.54) is 6.42 Å². The van der Waals surface area contributed by atoms with Crippen LogP contribution in [0.1, 0.15) is 58.8 Å². The fourth-order valence-electron chi connectivity index (χ4n) is 3.68. The number of likely N-dealkylation sites (tertiary alicyclic amines) is 1. The Kier molecular flexibility index (Phi) is 4.55. The number of nitrogens with zero attached hydrogens (tertiary/aromatic N) is 2. The van der Waals surface area contributed by atoms with Crippen molar-refractivity contribution in [2.45, 2.75) is 64.8 Å². The summed E-state index contributed by atoms with van der Waals surface area (Å²) < 4.78 is 0.